The van der Waals surface area contributed by atoms with Crippen LogP contribution in [0.2, 0.25) is 10.0 Å². The number of hydrogen-bond acceptors (Lipinski definition) is 4. The number of halogens is 2. The van der Waals surface area contributed by atoms with E-state index in [9.17, 15) is 4.79 Å². The fourth-order valence-corrected chi connectivity index (χ4v) is 5.48. The summed E-state index contributed by atoms with van der Waals surface area (Å²) in [5.74, 6) is -0.640. The first-order valence-corrected chi connectivity index (χ1v) is 12.5. The predicted molar refractivity (Wildman–Crippen MR) is 132 cm³/mol. The minimum Gasteiger partial charge on any atom is -0.359 e. The molecule has 178 valence electrons. The molecule has 3 atom stereocenters. The first-order valence-electron chi connectivity index (χ1n) is 11.8. The maximum absolute atomic E-state index is 13.6. The van der Waals surface area contributed by atoms with E-state index < -0.39 is 11.5 Å². The van der Waals surface area contributed by atoms with Crippen LogP contribution in [0.15, 0.2) is 48.5 Å². The second-order valence-electron chi connectivity index (χ2n) is 8.81. The van der Waals surface area contributed by atoms with Crippen LogP contribution >= 0.6 is 23.2 Å². The van der Waals surface area contributed by atoms with Crippen molar-refractivity contribution in [1.29, 1.82) is 0 Å². The fraction of sp³-hybridized carbons (Fsp3) is 0.500. The number of amides is 1. The highest BCUT2D eigenvalue weighted by Gasteiger charge is 2.51. The summed E-state index contributed by atoms with van der Waals surface area (Å²) < 4.78 is 12.4. The molecule has 0 spiro atoms. The van der Waals surface area contributed by atoms with E-state index in [2.05, 4.69) is 22.3 Å². The molecule has 3 unspecified atom stereocenters. The van der Waals surface area contributed by atoms with Gasteiger partial charge in [-0.25, -0.2) is 0 Å². The van der Waals surface area contributed by atoms with Gasteiger partial charge >= 0.3 is 0 Å². The molecule has 4 rings (SSSR count). The monoisotopic (exact) mass is 490 g/mol. The van der Waals surface area contributed by atoms with Crippen molar-refractivity contribution in [2.75, 3.05) is 33.4 Å². The number of ether oxygens (including phenoxy) is 2. The molecule has 7 heteroatoms. The van der Waals surface area contributed by atoms with Crippen LogP contribution in [-0.4, -0.2) is 50.4 Å². The number of nitrogens with zero attached hydrogens (tertiary/aromatic N) is 1. The lowest BCUT2D eigenvalue weighted by atomic mass is 9.73. The van der Waals surface area contributed by atoms with E-state index in [1.807, 2.05) is 30.3 Å². The lowest BCUT2D eigenvalue weighted by molar-refractivity contribution is -0.186. The molecule has 2 saturated heterocycles. The summed E-state index contributed by atoms with van der Waals surface area (Å²) in [5, 5.41) is 3.81. The molecule has 0 bridgehead atoms. The van der Waals surface area contributed by atoms with Gasteiger partial charge in [0.2, 0.25) is 5.91 Å². The Morgan fingerprint density at radius 1 is 1.12 bits per heavy atom. The molecular formula is C26H32Cl2N2O3. The van der Waals surface area contributed by atoms with Gasteiger partial charge in [-0.3, -0.25) is 9.69 Å². The molecule has 5 nitrogen and oxygen atoms in total. The third kappa shape index (κ3) is 5.23. The molecule has 33 heavy (non-hydrogen) atoms. The van der Waals surface area contributed by atoms with Crippen molar-refractivity contribution in [3.8, 4) is 0 Å². The summed E-state index contributed by atoms with van der Waals surface area (Å²) >= 11 is 12.7. The zero-order valence-corrected chi connectivity index (χ0v) is 20.6. The molecule has 2 aliphatic rings. The molecule has 2 aromatic carbocycles. The molecular weight excluding hydrogens is 459 g/mol. The van der Waals surface area contributed by atoms with Gasteiger partial charge < -0.3 is 14.8 Å². The largest absolute Gasteiger partial charge is 0.359 e. The van der Waals surface area contributed by atoms with Crippen molar-refractivity contribution >= 4 is 29.1 Å². The van der Waals surface area contributed by atoms with Gasteiger partial charge in [-0.1, -0.05) is 59.6 Å². The minimum absolute atomic E-state index is 0.0858. The van der Waals surface area contributed by atoms with Crippen molar-refractivity contribution in [2.24, 2.45) is 0 Å². The van der Waals surface area contributed by atoms with Crippen LogP contribution in [0.5, 0.6) is 0 Å². The van der Waals surface area contributed by atoms with Gasteiger partial charge in [0.25, 0.3) is 0 Å². The van der Waals surface area contributed by atoms with Gasteiger partial charge in [0.05, 0.1) is 28.1 Å². The van der Waals surface area contributed by atoms with Crippen LogP contribution in [0.3, 0.4) is 0 Å². The van der Waals surface area contributed by atoms with Crippen molar-refractivity contribution in [1.82, 2.24) is 10.2 Å². The number of likely N-dealkylation sites (tertiary alicyclic amines) is 1. The molecule has 0 aromatic heterocycles. The summed E-state index contributed by atoms with van der Waals surface area (Å²) in [6.45, 7) is 2.82. The topological polar surface area (TPSA) is 50.8 Å². The molecule has 0 saturated carbocycles. The zero-order valence-electron chi connectivity index (χ0n) is 19.1. The maximum Gasteiger partial charge on any atom is 0.229 e. The normalized spacial score (nSPS) is 22.0. The second-order valence-corrected chi connectivity index (χ2v) is 9.63. The SMILES string of the molecule is CNC(=O)C(c1ccc(Cl)c(Cl)c1)C(COC1CCCCO1)(c1ccccc1)N1CCCC1. The minimum atomic E-state index is -0.726. The van der Waals surface area contributed by atoms with Gasteiger partial charge in [0.1, 0.15) is 0 Å². The maximum atomic E-state index is 13.6. The Kier molecular flexibility index (Phi) is 8.31. The standard InChI is InChI=1S/C26H32Cl2N2O3/c1-29-25(31)24(19-12-13-21(27)22(28)17-19)26(30-14-6-7-15-30,20-9-3-2-4-10-20)18-33-23-11-5-8-16-32-23/h2-4,9-10,12-13,17,23-24H,5-8,11,14-16,18H2,1H3,(H,29,31). The Labute approximate surface area is 206 Å². The highest BCUT2D eigenvalue weighted by Crippen LogP contribution is 2.46. The number of benzene rings is 2. The van der Waals surface area contributed by atoms with Gasteiger partial charge in [0, 0.05) is 13.7 Å². The number of nitrogens with one attached hydrogen (secondary N) is 1. The number of carbonyl (C=O) groups is 1. The van der Waals surface area contributed by atoms with E-state index >= 15 is 0 Å². The quantitative estimate of drug-likeness (QED) is 0.541. The van der Waals surface area contributed by atoms with Crippen LogP contribution in [0.4, 0.5) is 0 Å². The summed E-state index contributed by atoms with van der Waals surface area (Å²) in [6.07, 6.45) is 4.90. The van der Waals surface area contributed by atoms with Gasteiger partial charge in [0.15, 0.2) is 6.29 Å². The van der Waals surface area contributed by atoms with E-state index in [4.69, 9.17) is 32.7 Å². The molecule has 2 aromatic rings. The van der Waals surface area contributed by atoms with Gasteiger partial charge in [-0.15, -0.1) is 0 Å². The lowest BCUT2D eigenvalue weighted by Crippen LogP contribution is -2.56. The Morgan fingerprint density at radius 3 is 2.52 bits per heavy atom. The van der Waals surface area contributed by atoms with Crippen LogP contribution in [0.1, 0.15) is 49.1 Å². The van der Waals surface area contributed by atoms with E-state index in [1.54, 1.807) is 13.1 Å². The van der Waals surface area contributed by atoms with Crippen molar-refractivity contribution in [2.45, 2.75) is 49.9 Å². The lowest BCUT2D eigenvalue weighted by Gasteiger charge is -2.47. The average Bonchev–Trinajstić information content (AvgIpc) is 3.40. The third-order valence-electron chi connectivity index (χ3n) is 6.83. The highest BCUT2D eigenvalue weighted by atomic mass is 35.5. The summed E-state index contributed by atoms with van der Waals surface area (Å²) in [6, 6.07) is 15.7. The zero-order chi connectivity index (χ0) is 23.3. The second kappa shape index (κ2) is 11.2. The van der Waals surface area contributed by atoms with Crippen molar-refractivity contribution in [3.05, 3.63) is 69.7 Å². The smallest absolute Gasteiger partial charge is 0.229 e. The van der Waals surface area contributed by atoms with Crippen LogP contribution < -0.4 is 5.32 Å². The van der Waals surface area contributed by atoms with Crippen molar-refractivity contribution < 1.29 is 14.3 Å². The Bertz CT molecular complexity index is 930. The number of hydrogen-bond donors (Lipinski definition) is 1. The van der Waals surface area contributed by atoms with E-state index in [0.29, 0.717) is 23.3 Å². The number of carbonyl (C=O) groups excluding carboxylic acids is 1. The van der Waals surface area contributed by atoms with Crippen molar-refractivity contribution in [3.63, 3.8) is 0 Å². The van der Waals surface area contributed by atoms with Crippen LogP contribution in [0, 0.1) is 0 Å². The van der Waals surface area contributed by atoms with Gasteiger partial charge in [-0.05, 0) is 68.5 Å². The molecule has 0 aliphatic carbocycles. The van der Waals surface area contributed by atoms with Gasteiger partial charge in [-0.2, -0.15) is 0 Å². The van der Waals surface area contributed by atoms with E-state index in [0.717, 1.165) is 56.3 Å². The molecule has 2 heterocycles. The molecule has 2 fully saturated rings. The predicted octanol–water partition coefficient (Wildman–Crippen LogP) is 5.36. The fourth-order valence-electron chi connectivity index (χ4n) is 5.18. The molecule has 1 amide bonds. The summed E-state index contributed by atoms with van der Waals surface area (Å²) in [4.78, 5) is 16.0. The Morgan fingerprint density at radius 2 is 1.88 bits per heavy atom. The molecule has 0 radical (unpaired) electrons. The third-order valence-corrected chi connectivity index (χ3v) is 7.57. The highest BCUT2D eigenvalue weighted by molar-refractivity contribution is 6.42. The number of rotatable bonds is 8. The first-order chi connectivity index (χ1) is 16.1. The average molecular weight is 491 g/mol. The Balaban J connectivity index is 1.86. The van der Waals surface area contributed by atoms with Crippen LogP contribution in [-0.2, 0) is 19.8 Å². The summed E-state index contributed by atoms with van der Waals surface area (Å²) in [5.41, 5.74) is 1.13. The first kappa shape index (κ1) is 24.5. The van der Waals surface area contributed by atoms with E-state index in [-0.39, 0.29) is 12.2 Å². The Hall–Kier alpha value is -1.63. The van der Waals surface area contributed by atoms with Crippen LogP contribution in [0.25, 0.3) is 0 Å². The number of likely N-dealkylation sites (N-methyl/N-ethyl adjacent to an activating group) is 1. The molecule has 1 N–H and O–H groups in total. The van der Waals surface area contributed by atoms with E-state index in [1.165, 1.54) is 0 Å². The molecule has 2 aliphatic heterocycles. The summed E-state index contributed by atoms with van der Waals surface area (Å²) in [7, 11) is 1.68.